The van der Waals surface area contributed by atoms with E-state index in [0.29, 0.717) is 5.69 Å². The summed E-state index contributed by atoms with van der Waals surface area (Å²) >= 11 is 0. The van der Waals surface area contributed by atoms with Crippen molar-refractivity contribution in [2.75, 3.05) is 37.6 Å². The van der Waals surface area contributed by atoms with Crippen molar-refractivity contribution in [1.29, 1.82) is 0 Å². The number of quaternary nitrogens is 1. The van der Waals surface area contributed by atoms with E-state index < -0.39 is 10.9 Å². The third-order valence-electron chi connectivity index (χ3n) is 3.72. The molecule has 7 heteroatoms. The third kappa shape index (κ3) is 2.88. The van der Waals surface area contributed by atoms with Crippen molar-refractivity contribution in [1.82, 2.24) is 0 Å². The molecule has 7 nitrogen and oxygen atoms in total. The molecule has 1 aliphatic heterocycles. The first kappa shape index (κ1) is 14.3. The van der Waals surface area contributed by atoms with Crippen LogP contribution in [-0.4, -0.2) is 43.6 Å². The Hall–Kier alpha value is -2.15. The summed E-state index contributed by atoms with van der Waals surface area (Å²) in [7, 11) is 0. The number of aromatic carboxylic acids is 1. The highest BCUT2D eigenvalue weighted by Gasteiger charge is 2.22. The van der Waals surface area contributed by atoms with Crippen LogP contribution in [0, 0.1) is 10.1 Å². The summed E-state index contributed by atoms with van der Waals surface area (Å²) in [4.78, 5) is 24.7. The van der Waals surface area contributed by atoms with Crippen LogP contribution in [0.15, 0.2) is 18.2 Å². The molecule has 1 aliphatic rings. The average molecular weight is 279 g/mol. The molecule has 0 atom stereocenters. The van der Waals surface area contributed by atoms with Crippen LogP contribution in [0.4, 0.5) is 11.4 Å². The molecule has 1 aromatic rings. The number of non-ortho nitro benzene ring substituents is 1. The Kier molecular flexibility index (Phi) is 4.19. The number of hydrogen-bond donors (Lipinski definition) is 1. The Morgan fingerprint density at radius 2 is 2.05 bits per heavy atom. The van der Waals surface area contributed by atoms with E-state index in [0.717, 1.165) is 38.8 Å². The lowest BCUT2D eigenvalue weighted by molar-refractivity contribution is -0.898. The van der Waals surface area contributed by atoms with Crippen LogP contribution in [0.25, 0.3) is 0 Å². The van der Waals surface area contributed by atoms with Crippen molar-refractivity contribution in [3.63, 3.8) is 0 Å². The van der Waals surface area contributed by atoms with Gasteiger partial charge in [-0.1, -0.05) is 0 Å². The van der Waals surface area contributed by atoms with E-state index in [-0.39, 0.29) is 11.3 Å². The minimum Gasteiger partial charge on any atom is -0.545 e. The number of anilines is 1. The van der Waals surface area contributed by atoms with E-state index in [1.165, 1.54) is 17.0 Å². The minimum atomic E-state index is -1.38. The van der Waals surface area contributed by atoms with Crippen LogP contribution < -0.4 is 14.9 Å². The summed E-state index contributed by atoms with van der Waals surface area (Å²) < 4.78 is 0. The number of nitrogens with one attached hydrogen (secondary N) is 1. The number of carboxylic acid groups (broad SMARTS) is 1. The van der Waals surface area contributed by atoms with Gasteiger partial charge < -0.3 is 19.7 Å². The maximum Gasteiger partial charge on any atom is 0.270 e. The van der Waals surface area contributed by atoms with Gasteiger partial charge in [0.1, 0.15) is 0 Å². The fourth-order valence-electron chi connectivity index (χ4n) is 2.49. The normalized spacial score (nSPS) is 16.1. The second-order valence-corrected chi connectivity index (χ2v) is 4.84. The molecule has 1 N–H and O–H groups in total. The second kappa shape index (κ2) is 5.87. The summed E-state index contributed by atoms with van der Waals surface area (Å²) in [6, 6.07) is 3.91. The molecule has 1 heterocycles. The predicted molar refractivity (Wildman–Crippen MR) is 70.9 cm³/mol. The van der Waals surface area contributed by atoms with Gasteiger partial charge in [-0.25, -0.2) is 0 Å². The van der Waals surface area contributed by atoms with Gasteiger partial charge in [0.05, 0.1) is 43.6 Å². The van der Waals surface area contributed by atoms with Gasteiger partial charge in [-0.3, -0.25) is 10.1 Å². The highest BCUT2D eigenvalue weighted by molar-refractivity contribution is 5.94. The van der Waals surface area contributed by atoms with Crippen LogP contribution in [0.5, 0.6) is 0 Å². The van der Waals surface area contributed by atoms with Crippen LogP contribution in [0.2, 0.25) is 0 Å². The first-order valence-electron chi connectivity index (χ1n) is 6.61. The maximum absolute atomic E-state index is 11.2. The zero-order valence-electron chi connectivity index (χ0n) is 11.3. The lowest BCUT2D eigenvalue weighted by atomic mass is 10.1. The zero-order chi connectivity index (χ0) is 14.7. The molecule has 0 aliphatic carbocycles. The molecule has 0 unspecified atom stereocenters. The number of piperazine rings is 1. The number of rotatable bonds is 4. The number of carbonyl (C=O) groups is 1. The Morgan fingerprint density at radius 1 is 1.40 bits per heavy atom. The molecule has 1 aromatic carbocycles. The molecule has 0 aromatic heterocycles. The van der Waals surface area contributed by atoms with E-state index in [4.69, 9.17) is 0 Å². The van der Waals surface area contributed by atoms with Crippen molar-refractivity contribution in [2.24, 2.45) is 0 Å². The number of benzene rings is 1. The summed E-state index contributed by atoms with van der Waals surface area (Å²) in [6.45, 7) is 6.49. The van der Waals surface area contributed by atoms with Gasteiger partial charge in [-0.05, 0) is 13.0 Å². The molecule has 0 radical (unpaired) electrons. The molecule has 2 rings (SSSR count). The fraction of sp³-hybridized carbons (Fsp3) is 0.462. The first-order chi connectivity index (χ1) is 9.52. The molecule has 20 heavy (non-hydrogen) atoms. The number of hydrogen-bond acceptors (Lipinski definition) is 5. The Bertz CT molecular complexity index is 524. The molecular formula is C13H17N3O4. The van der Waals surface area contributed by atoms with Crippen LogP contribution in [-0.2, 0) is 0 Å². The SMILES string of the molecule is CC[NH+]1CCN(c2ccc([N+](=O)[O-])cc2C(=O)[O-])CC1. The molecule has 0 amide bonds. The van der Waals surface area contributed by atoms with Gasteiger partial charge in [0.2, 0.25) is 0 Å². The van der Waals surface area contributed by atoms with Crippen molar-refractivity contribution in [3.05, 3.63) is 33.9 Å². The topological polar surface area (TPSA) is 91.0 Å². The van der Waals surface area contributed by atoms with Gasteiger partial charge in [0, 0.05) is 23.4 Å². The lowest BCUT2D eigenvalue weighted by Gasteiger charge is -2.34. The number of likely N-dealkylation sites (N-methyl/N-ethyl adjacent to an activating group) is 1. The molecule has 1 saturated heterocycles. The maximum atomic E-state index is 11.2. The molecule has 1 fully saturated rings. The third-order valence-corrected chi connectivity index (χ3v) is 3.72. The Morgan fingerprint density at radius 3 is 2.55 bits per heavy atom. The standard InChI is InChI=1S/C13H17N3O4/c1-2-14-5-7-15(8-6-14)12-4-3-10(16(19)20)9-11(12)13(17)18/h3-4,9H,2,5-8H2,1H3,(H,17,18). The van der Waals surface area contributed by atoms with Crippen molar-refractivity contribution < 1.29 is 19.7 Å². The number of nitro benzene ring substituents is 1. The monoisotopic (exact) mass is 279 g/mol. The molecule has 0 bridgehead atoms. The smallest absolute Gasteiger partial charge is 0.270 e. The summed E-state index contributed by atoms with van der Waals surface area (Å²) in [5.41, 5.74) is 0.163. The number of carboxylic acids is 1. The van der Waals surface area contributed by atoms with Crippen LogP contribution >= 0.6 is 0 Å². The Balaban J connectivity index is 2.27. The molecular weight excluding hydrogens is 262 g/mol. The molecule has 108 valence electrons. The van der Waals surface area contributed by atoms with Crippen LogP contribution in [0.1, 0.15) is 17.3 Å². The van der Waals surface area contributed by atoms with E-state index in [9.17, 15) is 20.0 Å². The molecule has 0 spiro atoms. The summed E-state index contributed by atoms with van der Waals surface area (Å²) in [6.07, 6.45) is 0. The van der Waals surface area contributed by atoms with Gasteiger partial charge in [0.25, 0.3) is 5.69 Å². The highest BCUT2D eigenvalue weighted by atomic mass is 16.6. The average Bonchev–Trinajstić information content (AvgIpc) is 2.46. The quantitative estimate of drug-likeness (QED) is 0.545. The Labute approximate surface area is 116 Å². The van der Waals surface area contributed by atoms with E-state index in [1.54, 1.807) is 0 Å². The summed E-state index contributed by atoms with van der Waals surface area (Å²) in [5.74, 6) is -1.38. The lowest BCUT2D eigenvalue weighted by Crippen LogP contribution is -3.14. The van der Waals surface area contributed by atoms with E-state index in [1.807, 2.05) is 4.90 Å². The first-order valence-corrected chi connectivity index (χ1v) is 6.61. The van der Waals surface area contributed by atoms with E-state index >= 15 is 0 Å². The van der Waals surface area contributed by atoms with Crippen molar-refractivity contribution in [2.45, 2.75) is 6.92 Å². The van der Waals surface area contributed by atoms with Gasteiger partial charge in [-0.15, -0.1) is 0 Å². The largest absolute Gasteiger partial charge is 0.545 e. The minimum absolute atomic E-state index is 0.112. The van der Waals surface area contributed by atoms with Crippen LogP contribution in [0.3, 0.4) is 0 Å². The summed E-state index contributed by atoms with van der Waals surface area (Å²) in [5, 5.41) is 21.9. The second-order valence-electron chi connectivity index (χ2n) is 4.84. The highest BCUT2D eigenvalue weighted by Crippen LogP contribution is 2.25. The van der Waals surface area contributed by atoms with Gasteiger partial charge >= 0.3 is 0 Å². The fourth-order valence-corrected chi connectivity index (χ4v) is 2.49. The zero-order valence-corrected chi connectivity index (χ0v) is 11.3. The predicted octanol–water partition coefficient (Wildman–Crippen LogP) is -1.32. The number of nitro groups is 1. The van der Waals surface area contributed by atoms with Gasteiger partial charge in [-0.2, -0.15) is 0 Å². The number of carbonyl (C=O) groups excluding carboxylic acids is 1. The van der Waals surface area contributed by atoms with Crippen molar-refractivity contribution >= 4 is 17.3 Å². The molecule has 0 saturated carbocycles. The number of nitrogens with zero attached hydrogens (tertiary/aromatic N) is 2. The van der Waals surface area contributed by atoms with Gasteiger partial charge in [0.15, 0.2) is 0 Å². The van der Waals surface area contributed by atoms with Crippen molar-refractivity contribution in [3.8, 4) is 0 Å². The van der Waals surface area contributed by atoms with E-state index in [2.05, 4.69) is 6.92 Å².